The third kappa shape index (κ3) is 4.94. The molecule has 1 saturated heterocycles. The van der Waals surface area contributed by atoms with E-state index in [1.165, 1.54) is 30.6 Å². The van der Waals surface area contributed by atoms with Crippen molar-refractivity contribution in [2.75, 3.05) is 11.4 Å². The molecule has 27 heavy (non-hydrogen) atoms. The number of fused-ring (bicyclic) bond motifs is 2. The van der Waals surface area contributed by atoms with Crippen LogP contribution in [0.1, 0.15) is 50.6 Å². The second kappa shape index (κ2) is 9.54. The molecule has 0 radical (unpaired) electrons. The SMILES string of the molecule is Cl.Cl.NC1CC2CCCC(C1)C2NC(=O)Cc1csc(N2CCCC2=O)n1. The quantitative estimate of drug-likeness (QED) is 0.761. The molecular weight excluding hydrogens is 407 g/mol. The van der Waals surface area contributed by atoms with Crippen LogP contribution in [0, 0.1) is 11.8 Å². The fourth-order valence-corrected chi connectivity index (χ4v) is 5.65. The molecular formula is C18H28Cl2N4O2S. The standard InChI is InChI=1S/C18H26N4O2S.2ClH/c19-13-7-11-3-1-4-12(8-13)17(11)21-15(23)9-14-10-25-18(20-14)22-6-2-5-16(22)24;;/h10-13,17H,1-9,19H2,(H,21,23);2*1H. The van der Waals surface area contributed by atoms with Crippen LogP contribution in [-0.4, -0.2) is 35.4 Å². The number of aromatic nitrogens is 1. The number of nitrogens with one attached hydrogen (secondary N) is 1. The first kappa shape index (κ1) is 22.4. The highest BCUT2D eigenvalue weighted by molar-refractivity contribution is 7.14. The number of amides is 2. The molecule has 0 aromatic carbocycles. The van der Waals surface area contributed by atoms with Crippen LogP contribution in [0.4, 0.5) is 5.13 Å². The van der Waals surface area contributed by atoms with E-state index in [0.717, 1.165) is 36.6 Å². The molecule has 2 aliphatic carbocycles. The predicted molar refractivity (Wildman–Crippen MR) is 112 cm³/mol. The summed E-state index contributed by atoms with van der Waals surface area (Å²) in [6, 6.07) is 0.571. The molecule has 2 amide bonds. The summed E-state index contributed by atoms with van der Waals surface area (Å²) in [7, 11) is 0. The molecule has 2 bridgehead atoms. The molecule has 2 heterocycles. The topological polar surface area (TPSA) is 88.3 Å². The lowest BCUT2D eigenvalue weighted by atomic mass is 9.67. The zero-order valence-corrected chi connectivity index (χ0v) is 17.7. The van der Waals surface area contributed by atoms with Gasteiger partial charge in [0.05, 0.1) is 12.1 Å². The summed E-state index contributed by atoms with van der Waals surface area (Å²) in [5.74, 6) is 1.23. The van der Waals surface area contributed by atoms with Crippen LogP contribution in [0.2, 0.25) is 0 Å². The van der Waals surface area contributed by atoms with Gasteiger partial charge in [-0.15, -0.1) is 36.2 Å². The molecule has 3 fully saturated rings. The van der Waals surface area contributed by atoms with Crippen molar-refractivity contribution in [3.8, 4) is 0 Å². The fraction of sp³-hybridized carbons (Fsp3) is 0.722. The molecule has 6 nitrogen and oxygen atoms in total. The Kier molecular flexibility index (Phi) is 7.92. The second-order valence-electron chi connectivity index (χ2n) is 7.72. The Bertz CT molecular complexity index is 658. The van der Waals surface area contributed by atoms with Crippen molar-refractivity contribution in [2.45, 2.75) is 63.5 Å². The molecule has 2 unspecified atom stereocenters. The lowest BCUT2D eigenvalue weighted by molar-refractivity contribution is -0.122. The monoisotopic (exact) mass is 434 g/mol. The predicted octanol–water partition coefficient (Wildman–Crippen LogP) is 2.68. The lowest BCUT2D eigenvalue weighted by Crippen LogP contribution is -2.54. The normalized spacial score (nSPS) is 29.7. The average molecular weight is 435 g/mol. The van der Waals surface area contributed by atoms with Gasteiger partial charge in [-0.25, -0.2) is 4.98 Å². The van der Waals surface area contributed by atoms with Crippen molar-refractivity contribution < 1.29 is 9.59 Å². The van der Waals surface area contributed by atoms with Crippen LogP contribution >= 0.6 is 36.2 Å². The maximum absolute atomic E-state index is 12.5. The summed E-state index contributed by atoms with van der Waals surface area (Å²) in [6.45, 7) is 0.740. The van der Waals surface area contributed by atoms with E-state index in [1.807, 2.05) is 5.38 Å². The van der Waals surface area contributed by atoms with E-state index in [-0.39, 0.29) is 42.7 Å². The van der Waals surface area contributed by atoms with Crippen LogP contribution < -0.4 is 16.0 Å². The van der Waals surface area contributed by atoms with Crippen molar-refractivity contribution in [2.24, 2.45) is 17.6 Å². The molecule has 3 N–H and O–H groups in total. The average Bonchev–Trinajstić information content (AvgIpc) is 3.17. The van der Waals surface area contributed by atoms with Crippen molar-refractivity contribution in [3.63, 3.8) is 0 Å². The Balaban J connectivity index is 0.00000131. The van der Waals surface area contributed by atoms with Gasteiger partial charge in [-0.2, -0.15) is 0 Å². The summed E-state index contributed by atoms with van der Waals surface area (Å²) in [6.07, 6.45) is 7.44. The van der Waals surface area contributed by atoms with Gasteiger partial charge in [0, 0.05) is 30.4 Å². The number of thiazole rings is 1. The van der Waals surface area contributed by atoms with Gasteiger partial charge in [0.25, 0.3) is 0 Å². The fourth-order valence-electron chi connectivity index (χ4n) is 4.78. The Hall–Kier alpha value is -0.890. The number of hydrogen-bond donors (Lipinski definition) is 2. The highest BCUT2D eigenvalue weighted by Crippen LogP contribution is 2.39. The van der Waals surface area contributed by atoms with E-state index in [2.05, 4.69) is 10.3 Å². The van der Waals surface area contributed by atoms with E-state index in [9.17, 15) is 9.59 Å². The lowest BCUT2D eigenvalue weighted by Gasteiger charge is -2.45. The molecule has 4 rings (SSSR count). The summed E-state index contributed by atoms with van der Waals surface area (Å²) in [4.78, 5) is 30.6. The second-order valence-corrected chi connectivity index (χ2v) is 8.56. The first-order chi connectivity index (χ1) is 12.1. The highest BCUT2D eigenvalue weighted by Gasteiger charge is 2.39. The number of carbonyl (C=O) groups excluding carboxylic acids is 2. The van der Waals surface area contributed by atoms with E-state index >= 15 is 0 Å². The number of halogens is 2. The number of nitrogens with zero attached hydrogens (tertiary/aromatic N) is 2. The molecule has 1 aliphatic heterocycles. The van der Waals surface area contributed by atoms with E-state index in [1.54, 1.807) is 4.90 Å². The van der Waals surface area contributed by atoms with Gasteiger partial charge in [-0.05, 0) is 43.9 Å². The molecule has 9 heteroatoms. The minimum atomic E-state index is 0. The summed E-state index contributed by atoms with van der Waals surface area (Å²) < 4.78 is 0. The number of hydrogen-bond acceptors (Lipinski definition) is 5. The van der Waals surface area contributed by atoms with Crippen LogP contribution in [-0.2, 0) is 16.0 Å². The Morgan fingerprint density at radius 2 is 1.96 bits per heavy atom. The van der Waals surface area contributed by atoms with Crippen molar-refractivity contribution in [1.82, 2.24) is 10.3 Å². The van der Waals surface area contributed by atoms with E-state index in [0.29, 0.717) is 30.7 Å². The van der Waals surface area contributed by atoms with Crippen LogP contribution in [0.3, 0.4) is 0 Å². The molecule has 2 atom stereocenters. The summed E-state index contributed by atoms with van der Waals surface area (Å²) in [5.41, 5.74) is 6.92. The van der Waals surface area contributed by atoms with Crippen LogP contribution in [0.15, 0.2) is 5.38 Å². The third-order valence-electron chi connectivity index (χ3n) is 5.89. The Morgan fingerprint density at radius 3 is 2.59 bits per heavy atom. The van der Waals surface area contributed by atoms with E-state index in [4.69, 9.17) is 5.73 Å². The van der Waals surface area contributed by atoms with Gasteiger partial charge in [0.2, 0.25) is 11.8 Å². The number of anilines is 1. The molecule has 0 spiro atoms. The first-order valence-corrected chi connectivity index (χ1v) is 10.3. The summed E-state index contributed by atoms with van der Waals surface area (Å²) >= 11 is 1.45. The van der Waals surface area contributed by atoms with E-state index < -0.39 is 0 Å². The van der Waals surface area contributed by atoms with Crippen molar-refractivity contribution in [3.05, 3.63) is 11.1 Å². The molecule has 2 saturated carbocycles. The largest absolute Gasteiger partial charge is 0.352 e. The maximum atomic E-state index is 12.5. The number of nitrogens with two attached hydrogens (primary N) is 1. The van der Waals surface area contributed by atoms with Crippen LogP contribution in [0.25, 0.3) is 0 Å². The Morgan fingerprint density at radius 1 is 1.26 bits per heavy atom. The summed E-state index contributed by atoms with van der Waals surface area (Å²) in [5, 5.41) is 5.90. The van der Waals surface area contributed by atoms with Gasteiger partial charge < -0.3 is 11.1 Å². The zero-order valence-electron chi connectivity index (χ0n) is 15.3. The zero-order chi connectivity index (χ0) is 17.4. The van der Waals surface area contributed by atoms with Gasteiger partial charge in [0.1, 0.15) is 0 Å². The smallest absolute Gasteiger partial charge is 0.228 e. The molecule has 3 aliphatic rings. The molecule has 1 aromatic heterocycles. The van der Waals surface area contributed by atoms with Gasteiger partial charge >= 0.3 is 0 Å². The highest BCUT2D eigenvalue weighted by atomic mass is 35.5. The van der Waals surface area contributed by atoms with Crippen LogP contribution in [0.5, 0.6) is 0 Å². The number of rotatable bonds is 4. The maximum Gasteiger partial charge on any atom is 0.228 e. The van der Waals surface area contributed by atoms with Gasteiger partial charge in [-0.3, -0.25) is 14.5 Å². The minimum absolute atomic E-state index is 0. The number of carbonyl (C=O) groups is 2. The van der Waals surface area contributed by atoms with Crippen molar-refractivity contribution in [1.29, 1.82) is 0 Å². The Labute approximate surface area is 176 Å². The van der Waals surface area contributed by atoms with Gasteiger partial charge in [0.15, 0.2) is 5.13 Å². The third-order valence-corrected chi connectivity index (χ3v) is 6.80. The van der Waals surface area contributed by atoms with Gasteiger partial charge in [-0.1, -0.05) is 6.42 Å². The first-order valence-electron chi connectivity index (χ1n) is 9.40. The molecule has 1 aromatic rings. The van der Waals surface area contributed by atoms with Crippen molar-refractivity contribution >= 4 is 53.1 Å². The minimum Gasteiger partial charge on any atom is -0.352 e. The molecule has 152 valence electrons.